The van der Waals surface area contributed by atoms with Crippen molar-refractivity contribution in [1.29, 1.82) is 0 Å². The number of aromatic carboxylic acids is 1. The predicted octanol–water partition coefficient (Wildman–Crippen LogP) is 7.29. The number of aryl methyl sites for hydroxylation is 1. The van der Waals surface area contributed by atoms with E-state index in [-0.39, 0.29) is 22.8 Å². The Labute approximate surface area is 215 Å². The lowest BCUT2D eigenvalue weighted by Crippen LogP contribution is -2.43. The van der Waals surface area contributed by atoms with Gasteiger partial charge in [0.15, 0.2) is 0 Å². The summed E-state index contributed by atoms with van der Waals surface area (Å²) in [6.07, 6.45) is 4.81. The SMILES string of the molecule is CC(C)C1=CN(CCc2ccccc2C(=O)O)C(=O)C[C@]1(C)c1ccc(CCC(C)(C)C)c(Cl)c1. The van der Waals surface area contributed by atoms with Crippen molar-refractivity contribution >= 4 is 23.5 Å². The average molecular weight is 496 g/mol. The lowest BCUT2D eigenvalue weighted by molar-refractivity contribution is -0.130. The van der Waals surface area contributed by atoms with Gasteiger partial charge in [-0.05, 0) is 65.0 Å². The van der Waals surface area contributed by atoms with E-state index in [0.717, 1.165) is 34.6 Å². The molecule has 0 unspecified atom stereocenters. The molecule has 3 rings (SSSR count). The van der Waals surface area contributed by atoms with Gasteiger partial charge in [0.05, 0.1) is 5.56 Å². The molecular formula is C30H38ClNO3. The quantitative estimate of drug-likeness (QED) is 0.418. The van der Waals surface area contributed by atoms with E-state index in [9.17, 15) is 14.7 Å². The zero-order chi connectivity index (χ0) is 26.0. The van der Waals surface area contributed by atoms with Crippen molar-refractivity contribution in [3.8, 4) is 0 Å². The molecule has 0 aromatic heterocycles. The van der Waals surface area contributed by atoms with E-state index in [1.807, 2.05) is 24.4 Å². The highest BCUT2D eigenvalue weighted by Crippen LogP contribution is 2.43. The van der Waals surface area contributed by atoms with Crippen molar-refractivity contribution in [1.82, 2.24) is 4.90 Å². The van der Waals surface area contributed by atoms with Crippen molar-refractivity contribution in [3.05, 3.63) is 81.5 Å². The van der Waals surface area contributed by atoms with Crippen LogP contribution in [0.25, 0.3) is 0 Å². The van der Waals surface area contributed by atoms with Crippen LogP contribution < -0.4 is 0 Å². The lowest BCUT2D eigenvalue weighted by atomic mass is 9.68. The standard InChI is InChI=1S/C30H38ClNO3/c1-20(2)25-19-32(16-14-21-9-7-8-10-24(21)28(34)35)27(33)18-30(25,6)23-12-11-22(26(31)17-23)13-15-29(3,4)5/h7-12,17,19-20H,13-16,18H2,1-6H3,(H,34,35)/t30-/m1/s1. The molecule has 0 aliphatic carbocycles. The maximum Gasteiger partial charge on any atom is 0.335 e. The highest BCUT2D eigenvalue weighted by atomic mass is 35.5. The molecule has 5 heteroatoms. The summed E-state index contributed by atoms with van der Waals surface area (Å²) < 4.78 is 0. The molecule has 0 spiro atoms. The zero-order valence-corrected chi connectivity index (χ0v) is 22.6. The van der Waals surface area contributed by atoms with Gasteiger partial charge in [0.1, 0.15) is 0 Å². The van der Waals surface area contributed by atoms with Crippen LogP contribution in [0.2, 0.25) is 5.02 Å². The number of amides is 1. The number of benzene rings is 2. The second-order valence-corrected chi connectivity index (χ2v) is 11.8. The van der Waals surface area contributed by atoms with Crippen molar-refractivity contribution in [2.24, 2.45) is 11.3 Å². The second-order valence-electron chi connectivity index (χ2n) is 11.4. The molecule has 0 saturated heterocycles. The molecule has 35 heavy (non-hydrogen) atoms. The van der Waals surface area contributed by atoms with Gasteiger partial charge in [-0.3, -0.25) is 4.79 Å². The minimum absolute atomic E-state index is 0.0395. The Morgan fingerprint density at radius 3 is 2.40 bits per heavy atom. The van der Waals surface area contributed by atoms with E-state index in [0.29, 0.717) is 19.4 Å². The van der Waals surface area contributed by atoms with Crippen LogP contribution in [0, 0.1) is 11.3 Å². The van der Waals surface area contributed by atoms with Crippen molar-refractivity contribution in [3.63, 3.8) is 0 Å². The Morgan fingerprint density at radius 1 is 1.11 bits per heavy atom. The van der Waals surface area contributed by atoms with E-state index in [1.165, 1.54) is 5.57 Å². The molecule has 0 bridgehead atoms. The van der Waals surface area contributed by atoms with Gasteiger partial charge in [0.2, 0.25) is 5.91 Å². The number of allylic oxidation sites excluding steroid dienone is 1. The van der Waals surface area contributed by atoms with Gasteiger partial charge in [0.25, 0.3) is 0 Å². The Hall–Kier alpha value is -2.59. The van der Waals surface area contributed by atoms with Crippen LogP contribution in [-0.2, 0) is 23.1 Å². The largest absolute Gasteiger partial charge is 0.478 e. The summed E-state index contributed by atoms with van der Waals surface area (Å²) in [5.41, 5.74) is 4.21. The summed E-state index contributed by atoms with van der Waals surface area (Å²) in [5.74, 6) is -0.668. The fourth-order valence-corrected chi connectivity index (χ4v) is 5.20. The van der Waals surface area contributed by atoms with Crippen molar-refractivity contribution in [2.75, 3.05) is 6.54 Å². The fourth-order valence-electron chi connectivity index (χ4n) is 4.92. The summed E-state index contributed by atoms with van der Waals surface area (Å²) in [6, 6.07) is 13.3. The van der Waals surface area contributed by atoms with Crippen molar-refractivity contribution < 1.29 is 14.7 Å². The van der Waals surface area contributed by atoms with Gasteiger partial charge in [-0.1, -0.05) is 83.5 Å². The maximum atomic E-state index is 13.3. The zero-order valence-electron chi connectivity index (χ0n) is 21.8. The number of rotatable bonds is 8. The topological polar surface area (TPSA) is 57.6 Å². The number of carboxylic acids is 1. The van der Waals surface area contributed by atoms with Crippen LogP contribution in [0.4, 0.5) is 0 Å². The van der Waals surface area contributed by atoms with E-state index in [1.54, 1.807) is 17.0 Å². The molecule has 0 fully saturated rings. The first-order valence-corrected chi connectivity index (χ1v) is 12.8. The molecule has 2 aromatic rings. The molecular weight excluding hydrogens is 458 g/mol. The van der Waals surface area contributed by atoms with Crippen LogP contribution in [0.3, 0.4) is 0 Å². The third-order valence-electron chi connectivity index (χ3n) is 7.08. The van der Waals surface area contributed by atoms with Crippen LogP contribution >= 0.6 is 11.6 Å². The third-order valence-corrected chi connectivity index (χ3v) is 7.44. The number of halogens is 1. The van der Waals surface area contributed by atoms with E-state index < -0.39 is 11.4 Å². The molecule has 0 radical (unpaired) electrons. The third kappa shape index (κ3) is 6.35. The number of nitrogens with zero attached hydrogens (tertiary/aromatic N) is 1. The second kappa shape index (κ2) is 10.6. The Kier molecular flexibility index (Phi) is 8.16. The fraction of sp³-hybridized carbons (Fsp3) is 0.467. The van der Waals surface area contributed by atoms with Gasteiger partial charge in [-0.2, -0.15) is 0 Å². The van der Waals surface area contributed by atoms with Gasteiger partial charge in [0, 0.05) is 29.6 Å². The summed E-state index contributed by atoms with van der Waals surface area (Å²) in [4.78, 5) is 26.6. The molecule has 188 valence electrons. The molecule has 1 aliphatic rings. The summed E-state index contributed by atoms with van der Waals surface area (Å²) in [6.45, 7) is 13.6. The van der Waals surface area contributed by atoms with Gasteiger partial charge in [-0.25, -0.2) is 4.79 Å². The minimum atomic E-state index is -0.945. The molecule has 0 saturated carbocycles. The van der Waals surface area contributed by atoms with Crippen LogP contribution in [0.5, 0.6) is 0 Å². The number of hydrogen-bond donors (Lipinski definition) is 1. The molecule has 1 atom stereocenters. The van der Waals surface area contributed by atoms with Gasteiger partial charge >= 0.3 is 5.97 Å². The first-order chi connectivity index (χ1) is 16.3. The highest BCUT2D eigenvalue weighted by molar-refractivity contribution is 6.31. The van der Waals surface area contributed by atoms with Gasteiger partial charge < -0.3 is 10.0 Å². The molecule has 2 aromatic carbocycles. The Bertz CT molecular complexity index is 1130. The average Bonchev–Trinajstić information content (AvgIpc) is 2.77. The highest BCUT2D eigenvalue weighted by Gasteiger charge is 2.40. The smallest absolute Gasteiger partial charge is 0.335 e. The molecule has 1 amide bonds. The maximum absolute atomic E-state index is 13.3. The molecule has 4 nitrogen and oxygen atoms in total. The molecule has 1 aliphatic heterocycles. The number of carbonyl (C=O) groups is 2. The Morgan fingerprint density at radius 2 is 1.80 bits per heavy atom. The van der Waals surface area contributed by atoms with E-state index in [2.05, 4.69) is 53.7 Å². The van der Waals surface area contributed by atoms with Crippen LogP contribution in [0.15, 0.2) is 54.2 Å². The van der Waals surface area contributed by atoms with Crippen LogP contribution in [-0.4, -0.2) is 28.4 Å². The number of carbonyl (C=O) groups excluding carboxylic acids is 1. The summed E-state index contributed by atoms with van der Waals surface area (Å²) in [5, 5.41) is 10.2. The van der Waals surface area contributed by atoms with E-state index >= 15 is 0 Å². The molecule has 1 N–H and O–H groups in total. The van der Waals surface area contributed by atoms with Crippen molar-refractivity contribution in [2.45, 2.75) is 72.6 Å². The normalized spacial score (nSPS) is 18.7. The number of hydrogen-bond acceptors (Lipinski definition) is 2. The number of carboxylic acid groups (broad SMARTS) is 1. The van der Waals surface area contributed by atoms with Crippen LogP contribution in [0.1, 0.15) is 81.4 Å². The lowest BCUT2D eigenvalue weighted by Gasteiger charge is -2.41. The summed E-state index contributed by atoms with van der Waals surface area (Å²) >= 11 is 6.73. The van der Waals surface area contributed by atoms with E-state index in [4.69, 9.17) is 11.6 Å². The minimum Gasteiger partial charge on any atom is -0.478 e. The molecule has 1 heterocycles. The first-order valence-electron chi connectivity index (χ1n) is 12.4. The predicted molar refractivity (Wildman–Crippen MR) is 143 cm³/mol. The van der Waals surface area contributed by atoms with Gasteiger partial charge in [-0.15, -0.1) is 0 Å². The summed E-state index contributed by atoms with van der Waals surface area (Å²) in [7, 11) is 0. The first kappa shape index (κ1) is 27.0. The Balaban J connectivity index is 1.87. The monoisotopic (exact) mass is 495 g/mol.